The van der Waals surface area contributed by atoms with Crippen LogP contribution in [0.2, 0.25) is 0 Å². The predicted molar refractivity (Wildman–Crippen MR) is 59.9 cm³/mol. The molecule has 0 spiro atoms. The van der Waals surface area contributed by atoms with E-state index in [2.05, 4.69) is 5.10 Å². The van der Waals surface area contributed by atoms with Crippen LogP contribution in [-0.2, 0) is 13.1 Å². The summed E-state index contributed by atoms with van der Waals surface area (Å²) in [6.45, 7) is 0.914. The Morgan fingerprint density at radius 1 is 1.24 bits per heavy atom. The van der Waals surface area contributed by atoms with Gasteiger partial charge in [0.25, 0.3) is 5.56 Å². The molecule has 0 aliphatic rings. The highest BCUT2D eigenvalue weighted by Crippen LogP contribution is 1.96. The van der Waals surface area contributed by atoms with Gasteiger partial charge < -0.3 is 9.67 Å². The summed E-state index contributed by atoms with van der Waals surface area (Å²) in [6.07, 6.45) is 3.27. The minimum absolute atomic E-state index is 0.00501. The van der Waals surface area contributed by atoms with Crippen LogP contribution >= 0.6 is 0 Å². The molecule has 0 radical (unpaired) electrons. The van der Waals surface area contributed by atoms with Crippen molar-refractivity contribution in [3.8, 4) is 0 Å². The number of pyridine rings is 1. The summed E-state index contributed by atoms with van der Waals surface area (Å²) in [6, 6.07) is 6.35. The normalized spacial score (nSPS) is 10.4. The van der Waals surface area contributed by atoms with Gasteiger partial charge in [-0.3, -0.25) is 9.48 Å². The first-order valence-corrected chi connectivity index (χ1v) is 5.09. The zero-order chi connectivity index (χ0) is 12.3. The number of carboxylic acid groups (broad SMARTS) is 1. The number of hydrogen-bond acceptors (Lipinski definition) is 3. The molecule has 0 atom stereocenters. The van der Waals surface area contributed by atoms with E-state index < -0.39 is 5.97 Å². The lowest BCUT2D eigenvalue weighted by atomic mass is 10.4. The number of hydrogen-bond donors (Lipinski definition) is 1. The molecule has 17 heavy (non-hydrogen) atoms. The molecule has 2 rings (SSSR count). The maximum Gasteiger partial charge on any atom is 0.356 e. The summed E-state index contributed by atoms with van der Waals surface area (Å²) in [7, 11) is 0. The number of nitrogens with zero attached hydrogens (tertiary/aromatic N) is 3. The summed E-state index contributed by atoms with van der Waals surface area (Å²) in [5.74, 6) is -1.05. The van der Waals surface area contributed by atoms with Gasteiger partial charge in [-0.25, -0.2) is 4.79 Å². The second-order valence-electron chi connectivity index (χ2n) is 3.50. The van der Waals surface area contributed by atoms with Gasteiger partial charge in [-0.15, -0.1) is 0 Å². The highest BCUT2D eigenvalue weighted by Gasteiger charge is 2.06. The summed E-state index contributed by atoms with van der Waals surface area (Å²) in [5.41, 5.74) is -0.0801. The predicted octanol–water partition coefficient (Wildman–Crippen LogP) is 0.443. The van der Waals surface area contributed by atoms with E-state index in [1.54, 1.807) is 29.1 Å². The smallest absolute Gasteiger partial charge is 0.356 e. The lowest BCUT2D eigenvalue weighted by molar-refractivity contribution is 0.0689. The Morgan fingerprint density at radius 3 is 2.71 bits per heavy atom. The molecule has 0 aliphatic carbocycles. The van der Waals surface area contributed by atoms with Gasteiger partial charge in [-0.2, -0.15) is 5.10 Å². The number of rotatable bonds is 4. The fraction of sp³-hybridized carbons (Fsp3) is 0.182. The first-order chi connectivity index (χ1) is 8.16. The van der Waals surface area contributed by atoms with Crippen molar-refractivity contribution in [2.45, 2.75) is 13.1 Å². The SMILES string of the molecule is O=C(O)c1ccn(CCn2ccccc2=O)n1. The third-order valence-corrected chi connectivity index (χ3v) is 2.33. The largest absolute Gasteiger partial charge is 0.476 e. The van der Waals surface area contributed by atoms with E-state index in [1.807, 2.05) is 0 Å². The molecule has 0 aromatic carbocycles. The Labute approximate surface area is 96.7 Å². The zero-order valence-corrected chi connectivity index (χ0v) is 8.98. The molecular formula is C11H11N3O3. The van der Waals surface area contributed by atoms with Crippen LogP contribution in [0.25, 0.3) is 0 Å². The Kier molecular flexibility index (Phi) is 3.04. The summed E-state index contributed by atoms with van der Waals surface area (Å²) < 4.78 is 3.05. The topological polar surface area (TPSA) is 77.1 Å². The monoisotopic (exact) mass is 233 g/mol. The quantitative estimate of drug-likeness (QED) is 0.831. The van der Waals surface area contributed by atoms with E-state index >= 15 is 0 Å². The van der Waals surface area contributed by atoms with E-state index in [9.17, 15) is 9.59 Å². The molecule has 6 heteroatoms. The Bertz CT molecular complexity index is 585. The highest BCUT2D eigenvalue weighted by molar-refractivity contribution is 5.84. The summed E-state index contributed by atoms with van der Waals surface area (Å²) >= 11 is 0. The summed E-state index contributed by atoms with van der Waals surface area (Å²) in [4.78, 5) is 22.0. The van der Waals surface area contributed by atoms with Crippen molar-refractivity contribution in [1.82, 2.24) is 14.3 Å². The molecule has 0 bridgehead atoms. The van der Waals surface area contributed by atoms with Crippen molar-refractivity contribution in [3.63, 3.8) is 0 Å². The van der Waals surface area contributed by atoms with Crippen LogP contribution in [0.1, 0.15) is 10.5 Å². The Balaban J connectivity index is 2.05. The second-order valence-corrected chi connectivity index (χ2v) is 3.50. The molecule has 0 fully saturated rings. The third kappa shape index (κ3) is 2.60. The van der Waals surface area contributed by atoms with E-state index in [0.29, 0.717) is 13.1 Å². The van der Waals surface area contributed by atoms with Crippen molar-refractivity contribution in [2.24, 2.45) is 0 Å². The first kappa shape index (κ1) is 11.1. The molecule has 0 aliphatic heterocycles. The van der Waals surface area contributed by atoms with Gasteiger partial charge in [-0.05, 0) is 12.1 Å². The number of aromatic nitrogens is 3. The first-order valence-electron chi connectivity index (χ1n) is 5.09. The average Bonchev–Trinajstić information content (AvgIpc) is 2.77. The van der Waals surface area contributed by atoms with Crippen LogP contribution in [0.4, 0.5) is 0 Å². The molecule has 6 nitrogen and oxygen atoms in total. The van der Waals surface area contributed by atoms with Crippen LogP contribution < -0.4 is 5.56 Å². The van der Waals surface area contributed by atoms with Crippen LogP contribution in [0.15, 0.2) is 41.5 Å². The molecule has 2 heterocycles. The van der Waals surface area contributed by atoms with E-state index in [-0.39, 0.29) is 11.3 Å². The van der Waals surface area contributed by atoms with Gasteiger partial charge in [0.15, 0.2) is 5.69 Å². The van der Waals surface area contributed by atoms with E-state index in [0.717, 1.165) is 0 Å². The van der Waals surface area contributed by atoms with Gasteiger partial charge in [0.05, 0.1) is 6.54 Å². The molecule has 0 saturated heterocycles. The minimum atomic E-state index is -1.05. The summed E-state index contributed by atoms with van der Waals surface area (Å²) in [5, 5.41) is 12.6. The van der Waals surface area contributed by atoms with Gasteiger partial charge in [-0.1, -0.05) is 6.07 Å². The fourth-order valence-electron chi connectivity index (χ4n) is 1.46. The van der Waals surface area contributed by atoms with Crippen LogP contribution in [0.3, 0.4) is 0 Å². The molecule has 0 saturated carbocycles. The standard InChI is InChI=1S/C11H11N3O3/c15-10-3-1-2-5-13(10)7-8-14-6-4-9(12-14)11(16)17/h1-6H,7-8H2,(H,16,17). The van der Waals surface area contributed by atoms with Crippen LogP contribution in [-0.4, -0.2) is 25.4 Å². The molecule has 88 valence electrons. The van der Waals surface area contributed by atoms with Gasteiger partial charge in [0.1, 0.15) is 0 Å². The maximum atomic E-state index is 11.4. The van der Waals surface area contributed by atoms with Crippen LogP contribution in [0.5, 0.6) is 0 Å². The minimum Gasteiger partial charge on any atom is -0.476 e. The number of aromatic carboxylic acids is 1. The van der Waals surface area contributed by atoms with Crippen molar-refractivity contribution < 1.29 is 9.90 Å². The third-order valence-electron chi connectivity index (χ3n) is 2.33. The second kappa shape index (κ2) is 4.65. The highest BCUT2D eigenvalue weighted by atomic mass is 16.4. The molecule has 0 amide bonds. The number of aryl methyl sites for hydroxylation is 2. The maximum absolute atomic E-state index is 11.4. The molecule has 2 aromatic rings. The fourth-order valence-corrected chi connectivity index (χ4v) is 1.46. The Morgan fingerprint density at radius 2 is 2.06 bits per heavy atom. The van der Waals surface area contributed by atoms with Crippen LogP contribution in [0, 0.1) is 0 Å². The van der Waals surface area contributed by atoms with Gasteiger partial charge in [0.2, 0.25) is 0 Å². The molecule has 2 aromatic heterocycles. The lowest BCUT2D eigenvalue weighted by Crippen LogP contribution is -2.20. The molecule has 0 unspecified atom stereocenters. The average molecular weight is 233 g/mol. The number of carbonyl (C=O) groups is 1. The van der Waals surface area contributed by atoms with Gasteiger partial charge >= 0.3 is 5.97 Å². The van der Waals surface area contributed by atoms with Gasteiger partial charge in [0, 0.05) is 25.0 Å². The Hall–Kier alpha value is -2.37. The van der Waals surface area contributed by atoms with Crippen molar-refractivity contribution in [3.05, 3.63) is 52.7 Å². The van der Waals surface area contributed by atoms with E-state index in [4.69, 9.17) is 5.11 Å². The molecular weight excluding hydrogens is 222 g/mol. The van der Waals surface area contributed by atoms with Crippen molar-refractivity contribution in [1.29, 1.82) is 0 Å². The molecule has 1 N–H and O–H groups in total. The zero-order valence-electron chi connectivity index (χ0n) is 8.98. The van der Waals surface area contributed by atoms with Crippen molar-refractivity contribution in [2.75, 3.05) is 0 Å². The lowest BCUT2D eigenvalue weighted by Gasteiger charge is -2.04. The number of carboxylic acids is 1. The van der Waals surface area contributed by atoms with E-state index in [1.165, 1.54) is 16.8 Å². The van der Waals surface area contributed by atoms with Crippen molar-refractivity contribution >= 4 is 5.97 Å².